The van der Waals surface area contributed by atoms with E-state index in [9.17, 15) is 4.79 Å². The fraction of sp³-hybridized carbons (Fsp3) is 0.286. The highest BCUT2D eigenvalue weighted by atomic mass is 16.2. The lowest BCUT2D eigenvalue weighted by molar-refractivity contribution is 0.243. The summed E-state index contributed by atoms with van der Waals surface area (Å²) in [5, 5.41) is 12.7. The molecule has 0 fully saturated rings. The number of aromatic amines is 1. The Morgan fingerprint density at radius 1 is 1.69 bits per heavy atom. The molecule has 13 heavy (non-hydrogen) atoms. The molecule has 1 rings (SSSR count). The van der Waals surface area contributed by atoms with Gasteiger partial charge in [0.05, 0.1) is 11.4 Å². The van der Waals surface area contributed by atoms with E-state index < -0.39 is 0 Å². The summed E-state index contributed by atoms with van der Waals surface area (Å²) in [6.45, 7) is 1.77. The van der Waals surface area contributed by atoms with Gasteiger partial charge in [-0.05, 0) is 13.0 Å². The topological polar surface area (TPSA) is 82.2 Å². The highest BCUT2D eigenvalue weighted by Crippen LogP contribution is 1.93. The lowest BCUT2D eigenvalue weighted by Crippen LogP contribution is -2.29. The molecule has 0 unspecified atom stereocenters. The molecule has 0 saturated carbocycles. The number of aromatic nitrogens is 2. The summed E-state index contributed by atoms with van der Waals surface area (Å²) in [5.74, 6) is 0. The first kappa shape index (κ1) is 9.24. The number of nitrogens with one attached hydrogen (secondary N) is 3. The minimum absolute atomic E-state index is 0.348. The molecule has 3 N–H and O–H groups in total. The lowest BCUT2D eigenvalue weighted by atomic mass is 10.3. The Labute approximate surface area is 75.4 Å². The van der Waals surface area contributed by atoms with Crippen molar-refractivity contribution in [2.24, 2.45) is 5.10 Å². The standard InChI is InChI=1S/C7H11N5O/c1-5(6-3-4-9-11-6)10-12-7(13)8-2/h3-4H,1-2H3,(H,9,11)(H2,8,12,13)/b10-5+. The van der Waals surface area contributed by atoms with Gasteiger partial charge in [0.1, 0.15) is 0 Å². The van der Waals surface area contributed by atoms with Crippen molar-refractivity contribution in [3.63, 3.8) is 0 Å². The van der Waals surface area contributed by atoms with Crippen LogP contribution in [0.3, 0.4) is 0 Å². The molecular weight excluding hydrogens is 170 g/mol. The average Bonchev–Trinajstić information content (AvgIpc) is 2.66. The zero-order chi connectivity index (χ0) is 9.68. The van der Waals surface area contributed by atoms with Crippen molar-refractivity contribution in [1.29, 1.82) is 0 Å². The zero-order valence-electron chi connectivity index (χ0n) is 7.46. The van der Waals surface area contributed by atoms with Gasteiger partial charge in [0.15, 0.2) is 0 Å². The summed E-state index contributed by atoms with van der Waals surface area (Å²) in [7, 11) is 1.52. The molecule has 0 aliphatic rings. The van der Waals surface area contributed by atoms with Crippen LogP contribution in [0.2, 0.25) is 0 Å². The number of hydrogen-bond donors (Lipinski definition) is 3. The third kappa shape index (κ3) is 2.58. The minimum Gasteiger partial charge on any atom is -0.340 e. The second-order valence-electron chi connectivity index (χ2n) is 2.36. The van der Waals surface area contributed by atoms with E-state index in [-0.39, 0.29) is 6.03 Å². The molecule has 0 aliphatic heterocycles. The van der Waals surface area contributed by atoms with Gasteiger partial charge >= 0.3 is 6.03 Å². The number of nitrogens with zero attached hydrogens (tertiary/aromatic N) is 2. The smallest absolute Gasteiger partial charge is 0.334 e. The van der Waals surface area contributed by atoms with E-state index in [4.69, 9.17) is 0 Å². The van der Waals surface area contributed by atoms with Gasteiger partial charge in [0, 0.05) is 13.2 Å². The van der Waals surface area contributed by atoms with Crippen molar-refractivity contribution in [1.82, 2.24) is 20.9 Å². The van der Waals surface area contributed by atoms with Crippen LogP contribution >= 0.6 is 0 Å². The van der Waals surface area contributed by atoms with Gasteiger partial charge in [-0.3, -0.25) is 5.10 Å². The van der Waals surface area contributed by atoms with E-state index in [0.717, 1.165) is 5.69 Å². The average molecular weight is 181 g/mol. The van der Waals surface area contributed by atoms with Gasteiger partial charge in [0.25, 0.3) is 0 Å². The van der Waals surface area contributed by atoms with Crippen molar-refractivity contribution in [3.8, 4) is 0 Å². The number of hydrazone groups is 1. The van der Waals surface area contributed by atoms with E-state index >= 15 is 0 Å². The summed E-state index contributed by atoms with van der Waals surface area (Å²) in [6, 6.07) is 1.42. The van der Waals surface area contributed by atoms with Crippen LogP contribution in [0.4, 0.5) is 4.79 Å². The minimum atomic E-state index is -0.348. The number of amides is 2. The number of H-pyrrole nitrogens is 1. The van der Waals surface area contributed by atoms with E-state index in [1.165, 1.54) is 7.05 Å². The molecule has 6 heteroatoms. The number of carbonyl (C=O) groups excluding carboxylic acids is 1. The summed E-state index contributed by atoms with van der Waals surface area (Å²) in [4.78, 5) is 10.7. The van der Waals surface area contributed by atoms with E-state index in [2.05, 4.69) is 26.0 Å². The maximum atomic E-state index is 10.7. The Morgan fingerprint density at radius 3 is 3.00 bits per heavy atom. The van der Waals surface area contributed by atoms with Crippen LogP contribution in [0, 0.1) is 0 Å². The molecule has 0 bridgehead atoms. The summed E-state index contributed by atoms with van der Waals surface area (Å²) >= 11 is 0. The van der Waals surface area contributed by atoms with Gasteiger partial charge in [-0.2, -0.15) is 10.2 Å². The molecule has 0 saturated heterocycles. The fourth-order valence-electron chi connectivity index (χ4n) is 0.708. The first-order valence-electron chi connectivity index (χ1n) is 3.76. The molecule has 1 aromatic heterocycles. The highest BCUT2D eigenvalue weighted by molar-refractivity contribution is 5.97. The van der Waals surface area contributed by atoms with Crippen LogP contribution in [0.25, 0.3) is 0 Å². The van der Waals surface area contributed by atoms with E-state index in [0.29, 0.717) is 5.71 Å². The predicted octanol–water partition coefficient (Wildman–Crippen LogP) is 0.0627. The van der Waals surface area contributed by atoms with Crippen LogP contribution in [0.5, 0.6) is 0 Å². The number of carbonyl (C=O) groups is 1. The molecule has 0 atom stereocenters. The summed E-state index contributed by atoms with van der Waals surface area (Å²) in [5.41, 5.74) is 3.75. The number of urea groups is 1. The van der Waals surface area contributed by atoms with Gasteiger partial charge in [0.2, 0.25) is 0 Å². The van der Waals surface area contributed by atoms with E-state index in [1.54, 1.807) is 19.2 Å². The number of hydrogen-bond acceptors (Lipinski definition) is 3. The Balaban J connectivity index is 2.57. The first-order valence-corrected chi connectivity index (χ1v) is 3.76. The summed E-state index contributed by atoms with van der Waals surface area (Å²) in [6.07, 6.45) is 1.62. The van der Waals surface area contributed by atoms with Crippen LogP contribution in [0.15, 0.2) is 17.4 Å². The quantitative estimate of drug-likeness (QED) is 0.445. The second-order valence-corrected chi connectivity index (χ2v) is 2.36. The molecule has 0 aliphatic carbocycles. The van der Waals surface area contributed by atoms with Crippen LogP contribution in [-0.2, 0) is 0 Å². The van der Waals surface area contributed by atoms with Crippen molar-refractivity contribution in [3.05, 3.63) is 18.0 Å². The molecular formula is C7H11N5O. The second kappa shape index (κ2) is 4.24. The van der Waals surface area contributed by atoms with Crippen LogP contribution in [0.1, 0.15) is 12.6 Å². The molecule has 6 nitrogen and oxygen atoms in total. The van der Waals surface area contributed by atoms with Crippen molar-refractivity contribution >= 4 is 11.7 Å². The highest BCUT2D eigenvalue weighted by Gasteiger charge is 1.98. The number of rotatable bonds is 2. The molecule has 1 aromatic rings. The normalized spacial score (nSPS) is 11.1. The third-order valence-electron chi connectivity index (χ3n) is 1.44. The largest absolute Gasteiger partial charge is 0.340 e. The van der Waals surface area contributed by atoms with Crippen molar-refractivity contribution in [2.45, 2.75) is 6.92 Å². The van der Waals surface area contributed by atoms with Gasteiger partial charge in [-0.25, -0.2) is 10.2 Å². The Bertz CT molecular complexity index is 303. The van der Waals surface area contributed by atoms with Gasteiger partial charge < -0.3 is 5.32 Å². The maximum absolute atomic E-state index is 10.7. The zero-order valence-corrected chi connectivity index (χ0v) is 7.46. The van der Waals surface area contributed by atoms with E-state index in [1.807, 2.05) is 0 Å². The monoisotopic (exact) mass is 181 g/mol. The molecule has 70 valence electrons. The molecule has 0 radical (unpaired) electrons. The van der Waals surface area contributed by atoms with Gasteiger partial charge in [-0.15, -0.1) is 0 Å². The molecule has 0 aromatic carbocycles. The van der Waals surface area contributed by atoms with Crippen LogP contribution < -0.4 is 10.7 Å². The predicted molar refractivity (Wildman–Crippen MR) is 48.4 cm³/mol. The third-order valence-corrected chi connectivity index (χ3v) is 1.44. The van der Waals surface area contributed by atoms with Crippen molar-refractivity contribution < 1.29 is 4.79 Å². The SMILES string of the molecule is CNC(=O)N/N=C(\C)c1ccn[nH]1. The van der Waals surface area contributed by atoms with Crippen molar-refractivity contribution in [2.75, 3.05) is 7.05 Å². The fourth-order valence-corrected chi connectivity index (χ4v) is 0.708. The molecule has 1 heterocycles. The Kier molecular flexibility index (Phi) is 3.02. The first-order chi connectivity index (χ1) is 6.24. The Hall–Kier alpha value is -1.85. The Morgan fingerprint density at radius 2 is 2.46 bits per heavy atom. The lowest BCUT2D eigenvalue weighted by Gasteiger charge is -1.98. The molecule has 2 amide bonds. The maximum Gasteiger partial charge on any atom is 0.334 e. The summed E-state index contributed by atoms with van der Waals surface area (Å²) < 4.78 is 0. The molecule has 0 spiro atoms. The van der Waals surface area contributed by atoms with Crippen LogP contribution in [-0.4, -0.2) is 29.0 Å². The van der Waals surface area contributed by atoms with Gasteiger partial charge in [-0.1, -0.05) is 0 Å².